The molecule has 0 bridgehead atoms. The van der Waals surface area contributed by atoms with E-state index in [0.717, 1.165) is 5.56 Å². The number of carbonyl (C=O) groups excluding carboxylic acids is 1. The van der Waals surface area contributed by atoms with Crippen molar-refractivity contribution < 1.29 is 13.2 Å². The van der Waals surface area contributed by atoms with Gasteiger partial charge in [0.2, 0.25) is 4.33 Å². The van der Waals surface area contributed by atoms with E-state index in [9.17, 15) is 13.2 Å². The van der Waals surface area contributed by atoms with Gasteiger partial charge < -0.3 is 0 Å². The summed E-state index contributed by atoms with van der Waals surface area (Å²) < 4.78 is 23.8. The second-order valence-corrected chi connectivity index (χ2v) is 8.19. The average Bonchev–Trinajstić information content (AvgIpc) is 2.61. The number of sulfonamides is 1. The zero-order valence-electron chi connectivity index (χ0n) is 10.5. The van der Waals surface area contributed by atoms with Crippen molar-refractivity contribution in [2.75, 3.05) is 12.4 Å². The van der Waals surface area contributed by atoms with Gasteiger partial charge >= 0.3 is 0 Å². The van der Waals surface area contributed by atoms with E-state index in [-0.39, 0.29) is 17.3 Å². The Kier molecular flexibility index (Phi) is 4.27. The summed E-state index contributed by atoms with van der Waals surface area (Å²) in [5.41, 5.74) is 0.916. The molecule has 0 aromatic heterocycles. The second-order valence-electron chi connectivity index (χ2n) is 4.63. The zero-order valence-corrected chi connectivity index (χ0v) is 13.6. The number of aryl methyl sites for hydroxylation is 1. The molecular formula is C12H12Cl3NO3S. The molecule has 110 valence electrons. The molecule has 0 radical (unpaired) electrons. The molecule has 4 nitrogen and oxygen atoms in total. The van der Waals surface area contributed by atoms with E-state index in [1.807, 2.05) is 6.92 Å². The molecule has 0 aliphatic carbocycles. The quantitative estimate of drug-likeness (QED) is 0.782. The Hall–Kier alpha value is -0.490. The van der Waals surface area contributed by atoms with E-state index in [4.69, 9.17) is 34.8 Å². The first-order valence-corrected chi connectivity index (χ1v) is 8.52. The Balaban J connectivity index is 2.41. The lowest BCUT2D eigenvalue weighted by molar-refractivity contribution is -0.124. The fourth-order valence-electron chi connectivity index (χ4n) is 1.93. The first-order valence-electron chi connectivity index (χ1n) is 5.79. The number of benzene rings is 1. The summed E-state index contributed by atoms with van der Waals surface area (Å²) in [4.78, 5) is 12.1. The van der Waals surface area contributed by atoms with Gasteiger partial charge in [0, 0.05) is 18.3 Å². The predicted molar refractivity (Wildman–Crippen MR) is 78.7 cm³/mol. The van der Waals surface area contributed by atoms with Crippen molar-refractivity contribution in [1.82, 2.24) is 4.31 Å². The Morgan fingerprint density at radius 1 is 1.30 bits per heavy atom. The van der Waals surface area contributed by atoms with E-state index in [1.54, 1.807) is 12.1 Å². The maximum absolute atomic E-state index is 12.5. The first kappa shape index (κ1) is 15.9. The Labute approximate surface area is 132 Å². The normalized spacial score (nSPS) is 22.3. The summed E-state index contributed by atoms with van der Waals surface area (Å²) in [6, 6.07) is 6.19. The van der Waals surface area contributed by atoms with Crippen LogP contribution < -0.4 is 0 Å². The predicted octanol–water partition coefficient (Wildman–Crippen LogP) is 2.55. The third kappa shape index (κ3) is 2.52. The topological polar surface area (TPSA) is 54.5 Å². The van der Waals surface area contributed by atoms with E-state index >= 15 is 0 Å². The van der Waals surface area contributed by atoms with Gasteiger partial charge in [-0.3, -0.25) is 4.79 Å². The van der Waals surface area contributed by atoms with Gasteiger partial charge in [-0.05, 0) is 19.1 Å². The van der Waals surface area contributed by atoms with Crippen LogP contribution in [-0.2, 0) is 14.8 Å². The fourth-order valence-corrected chi connectivity index (χ4v) is 4.49. The SMILES string of the molecule is Cc1ccc(S(=O)(=O)N2C[C@H](CCl)C(Cl)(Cl)C2=O)cc1. The zero-order chi connectivity index (χ0) is 15.1. The lowest BCUT2D eigenvalue weighted by Gasteiger charge is -2.17. The summed E-state index contributed by atoms with van der Waals surface area (Å²) in [6.07, 6.45) is 0. The van der Waals surface area contributed by atoms with Gasteiger partial charge in [-0.2, -0.15) is 0 Å². The van der Waals surface area contributed by atoms with Crippen molar-refractivity contribution >= 4 is 50.7 Å². The van der Waals surface area contributed by atoms with Gasteiger partial charge in [-0.25, -0.2) is 12.7 Å². The van der Waals surface area contributed by atoms with Crippen LogP contribution in [0.2, 0.25) is 0 Å². The van der Waals surface area contributed by atoms with Gasteiger partial charge in [0.15, 0.2) is 0 Å². The molecule has 0 spiro atoms. The number of carbonyl (C=O) groups is 1. The number of hydrogen-bond acceptors (Lipinski definition) is 3. The number of rotatable bonds is 3. The van der Waals surface area contributed by atoms with Crippen LogP contribution in [0.1, 0.15) is 5.56 Å². The van der Waals surface area contributed by atoms with E-state index in [1.165, 1.54) is 12.1 Å². The highest BCUT2D eigenvalue weighted by atomic mass is 35.5. The molecule has 1 atom stereocenters. The lowest BCUT2D eigenvalue weighted by atomic mass is 10.1. The van der Waals surface area contributed by atoms with Crippen molar-refractivity contribution in [3.05, 3.63) is 29.8 Å². The molecule has 1 saturated heterocycles. The largest absolute Gasteiger partial charge is 0.273 e. The smallest absolute Gasteiger partial charge is 0.270 e. The van der Waals surface area contributed by atoms with Crippen LogP contribution in [0.3, 0.4) is 0 Å². The molecule has 0 N–H and O–H groups in total. The minimum absolute atomic E-state index is 0.00133. The maximum atomic E-state index is 12.5. The Morgan fingerprint density at radius 3 is 2.30 bits per heavy atom. The summed E-state index contributed by atoms with van der Waals surface area (Å²) in [5.74, 6) is -1.49. The van der Waals surface area contributed by atoms with Crippen molar-refractivity contribution in [2.24, 2.45) is 5.92 Å². The molecule has 8 heteroatoms. The van der Waals surface area contributed by atoms with Gasteiger partial charge in [-0.15, -0.1) is 11.6 Å². The van der Waals surface area contributed by atoms with Crippen molar-refractivity contribution in [3.63, 3.8) is 0 Å². The number of hydrogen-bond donors (Lipinski definition) is 0. The lowest BCUT2D eigenvalue weighted by Crippen LogP contribution is -2.37. The highest BCUT2D eigenvalue weighted by Crippen LogP contribution is 2.41. The number of halogens is 3. The van der Waals surface area contributed by atoms with Gasteiger partial charge in [-0.1, -0.05) is 40.9 Å². The molecule has 0 unspecified atom stereocenters. The highest BCUT2D eigenvalue weighted by molar-refractivity contribution is 7.89. The molecule has 1 aliphatic rings. The van der Waals surface area contributed by atoms with Gasteiger partial charge in [0.1, 0.15) is 0 Å². The standard InChI is InChI=1S/C12H12Cl3NO3S/c1-8-2-4-10(5-3-8)20(18,19)16-7-9(6-13)12(14,15)11(16)17/h2-5,9H,6-7H2,1H3/t9-/m0/s1. The van der Waals surface area contributed by atoms with Crippen molar-refractivity contribution in [3.8, 4) is 0 Å². The van der Waals surface area contributed by atoms with Crippen LogP contribution >= 0.6 is 34.8 Å². The van der Waals surface area contributed by atoms with E-state index in [2.05, 4.69) is 0 Å². The van der Waals surface area contributed by atoms with Crippen LogP contribution in [0.25, 0.3) is 0 Å². The van der Waals surface area contributed by atoms with Crippen molar-refractivity contribution in [2.45, 2.75) is 16.2 Å². The Morgan fingerprint density at radius 2 is 1.85 bits per heavy atom. The molecule has 1 heterocycles. The minimum atomic E-state index is -3.96. The number of nitrogens with zero attached hydrogens (tertiary/aromatic N) is 1. The number of amides is 1. The second kappa shape index (κ2) is 5.37. The molecular weight excluding hydrogens is 345 g/mol. The molecule has 2 rings (SSSR count). The molecule has 1 aliphatic heterocycles. The molecule has 1 aromatic rings. The van der Waals surface area contributed by atoms with Crippen molar-refractivity contribution in [1.29, 1.82) is 0 Å². The monoisotopic (exact) mass is 355 g/mol. The third-order valence-electron chi connectivity index (χ3n) is 3.21. The minimum Gasteiger partial charge on any atom is -0.270 e. The average molecular weight is 357 g/mol. The summed E-state index contributed by atoms with van der Waals surface area (Å²) in [7, 11) is -3.96. The molecule has 1 fully saturated rings. The van der Waals surface area contributed by atoms with Crippen LogP contribution in [0.4, 0.5) is 0 Å². The van der Waals surface area contributed by atoms with E-state index < -0.39 is 26.2 Å². The van der Waals surface area contributed by atoms with Gasteiger partial charge in [0.25, 0.3) is 15.9 Å². The summed E-state index contributed by atoms with van der Waals surface area (Å²) in [5, 5.41) is 0. The Bertz CT molecular complexity index is 628. The van der Waals surface area contributed by atoms with Gasteiger partial charge in [0.05, 0.1) is 4.90 Å². The van der Waals surface area contributed by atoms with E-state index in [0.29, 0.717) is 4.31 Å². The molecule has 1 amide bonds. The van der Waals surface area contributed by atoms with Crippen LogP contribution in [0, 0.1) is 12.8 Å². The summed E-state index contributed by atoms with van der Waals surface area (Å²) in [6.45, 7) is 1.72. The maximum Gasteiger partial charge on any atom is 0.273 e. The fraction of sp³-hybridized carbons (Fsp3) is 0.417. The number of alkyl halides is 3. The van der Waals surface area contributed by atoms with Crippen LogP contribution in [-0.4, -0.2) is 35.4 Å². The van der Waals surface area contributed by atoms with Crippen LogP contribution in [0.5, 0.6) is 0 Å². The molecule has 0 saturated carbocycles. The van der Waals surface area contributed by atoms with Crippen LogP contribution in [0.15, 0.2) is 29.2 Å². The molecule has 1 aromatic carbocycles. The first-order chi connectivity index (χ1) is 9.21. The summed E-state index contributed by atoms with van der Waals surface area (Å²) >= 11 is 17.5. The highest BCUT2D eigenvalue weighted by Gasteiger charge is 2.55. The molecule has 20 heavy (non-hydrogen) atoms. The third-order valence-corrected chi connectivity index (χ3v) is 6.28.